The van der Waals surface area contributed by atoms with Crippen LogP contribution in [0.4, 0.5) is 11.4 Å². The normalized spacial score (nSPS) is 18.6. The number of aryl methyl sites for hydroxylation is 2. The molecule has 0 radical (unpaired) electrons. The number of hydrogen-bond acceptors (Lipinski definition) is 5. The Kier molecular flexibility index (Phi) is 2.40. The second-order valence-corrected chi connectivity index (χ2v) is 4.57. The number of rotatable bonds is 0. The molecule has 5 nitrogen and oxygen atoms in total. The maximum Gasteiger partial charge on any atom is 0.212 e. The van der Waals surface area contributed by atoms with Crippen molar-refractivity contribution in [1.29, 1.82) is 0 Å². The Morgan fingerprint density at radius 3 is 2.65 bits per heavy atom. The van der Waals surface area contributed by atoms with Crippen LogP contribution in [0.3, 0.4) is 0 Å². The van der Waals surface area contributed by atoms with Gasteiger partial charge in [-0.1, -0.05) is 6.42 Å². The third-order valence-electron chi connectivity index (χ3n) is 3.36. The first-order valence-electron chi connectivity index (χ1n) is 5.98. The summed E-state index contributed by atoms with van der Waals surface area (Å²) < 4.78 is 0. The molecule has 0 fully saturated rings. The van der Waals surface area contributed by atoms with Gasteiger partial charge >= 0.3 is 0 Å². The molecule has 0 unspecified atom stereocenters. The van der Waals surface area contributed by atoms with E-state index in [9.17, 15) is 5.21 Å². The topological polar surface area (TPSA) is 76.7 Å². The summed E-state index contributed by atoms with van der Waals surface area (Å²) >= 11 is 0. The lowest BCUT2D eigenvalue weighted by atomic mass is 10.0. The van der Waals surface area contributed by atoms with E-state index in [4.69, 9.17) is 5.73 Å². The molecule has 3 rings (SSSR count). The lowest BCUT2D eigenvalue weighted by molar-refractivity contribution is 0.711. The molecule has 17 heavy (non-hydrogen) atoms. The minimum atomic E-state index is 0.154. The van der Waals surface area contributed by atoms with Crippen LogP contribution in [0.25, 0.3) is 0 Å². The summed E-state index contributed by atoms with van der Waals surface area (Å²) in [5.74, 6) is 0.154. The molecule has 1 aromatic carbocycles. The van der Waals surface area contributed by atoms with Crippen LogP contribution in [0.2, 0.25) is 0 Å². The van der Waals surface area contributed by atoms with E-state index in [1.54, 1.807) is 0 Å². The maximum absolute atomic E-state index is 11.7. The number of anilines is 1. The predicted molar refractivity (Wildman–Crippen MR) is 68.0 cm³/mol. The highest BCUT2D eigenvalue weighted by molar-refractivity contribution is 5.89. The monoisotopic (exact) mass is 231 g/mol. The quantitative estimate of drug-likeness (QED) is 0.666. The van der Waals surface area contributed by atoms with Crippen molar-refractivity contribution < 1.29 is 0 Å². The van der Waals surface area contributed by atoms with Crippen LogP contribution < -0.4 is 16.3 Å². The predicted octanol–water partition coefficient (Wildman–Crippen LogP) is 1.72. The number of guanidine groups is 1. The van der Waals surface area contributed by atoms with E-state index in [2.05, 4.69) is 10.4 Å². The van der Waals surface area contributed by atoms with E-state index in [1.165, 1.54) is 30.4 Å². The Hall–Kier alpha value is -1.75. The summed E-state index contributed by atoms with van der Waals surface area (Å²) in [5.41, 5.74) is 11.8. The van der Waals surface area contributed by atoms with Crippen LogP contribution in [0, 0.1) is 5.21 Å². The first-order chi connectivity index (χ1) is 8.24. The zero-order valence-corrected chi connectivity index (χ0v) is 9.57. The number of nitrogens with two attached hydrogens (primary N) is 1. The van der Waals surface area contributed by atoms with Gasteiger partial charge in [0.1, 0.15) is 0 Å². The van der Waals surface area contributed by atoms with E-state index in [0.717, 1.165) is 12.8 Å². The average molecular weight is 231 g/mol. The molecule has 1 aromatic rings. The molecule has 0 atom stereocenters. The molecule has 5 heteroatoms. The van der Waals surface area contributed by atoms with Gasteiger partial charge in [-0.15, -0.1) is 0 Å². The zero-order chi connectivity index (χ0) is 11.8. The summed E-state index contributed by atoms with van der Waals surface area (Å²) in [6.07, 6.45) is 5.79. The third kappa shape index (κ3) is 1.82. The van der Waals surface area contributed by atoms with Crippen molar-refractivity contribution in [3.63, 3.8) is 0 Å². The van der Waals surface area contributed by atoms with Gasteiger partial charge in [-0.3, -0.25) is 5.43 Å². The highest BCUT2D eigenvalue weighted by Gasteiger charge is 2.16. The Morgan fingerprint density at radius 1 is 1.18 bits per heavy atom. The van der Waals surface area contributed by atoms with Crippen molar-refractivity contribution in [2.45, 2.75) is 32.1 Å². The lowest BCUT2D eigenvalue weighted by Gasteiger charge is -2.35. The first-order valence-corrected chi connectivity index (χ1v) is 5.98. The van der Waals surface area contributed by atoms with E-state index < -0.39 is 0 Å². The summed E-state index contributed by atoms with van der Waals surface area (Å²) in [4.78, 5) is 4.18. The second kappa shape index (κ2) is 3.92. The minimum Gasteiger partial charge on any atom is -0.739 e. The van der Waals surface area contributed by atoms with Crippen molar-refractivity contribution in [2.75, 3.05) is 5.17 Å². The molecule has 1 aliphatic heterocycles. The van der Waals surface area contributed by atoms with Crippen molar-refractivity contribution in [1.82, 2.24) is 5.43 Å². The fourth-order valence-corrected chi connectivity index (χ4v) is 2.51. The number of benzene rings is 1. The number of nitrogens with one attached hydrogen (secondary N) is 1. The Morgan fingerprint density at radius 2 is 1.88 bits per heavy atom. The van der Waals surface area contributed by atoms with Gasteiger partial charge in [-0.25, -0.2) is 4.99 Å². The molecule has 0 saturated heterocycles. The number of fused-ring (bicyclic) bond motifs is 2. The van der Waals surface area contributed by atoms with Crippen LogP contribution in [0.5, 0.6) is 0 Å². The van der Waals surface area contributed by atoms with Gasteiger partial charge in [0.25, 0.3) is 0 Å². The van der Waals surface area contributed by atoms with E-state index in [0.29, 0.717) is 16.5 Å². The van der Waals surface area contributed by atoms with Crippen molar-refractivity contribution in [2.24, 2.45) is 10.7 Å². The first kappa shape index (κ1) is 10.4. The van der Waals surface area contributed by atoms with Crippen LogP contribution in [0.1, 0.15) is 30.4 Å². The number of aliphatic imine (C=N–C) groups is 1. The zero-order valence-electron chi connectivity index (χ0n) is 9.57. The SMILES string of the molecule is NC1=Nc2cc3c(cc2N([O-])N1)CCCCC3. The van der Waals surface area contributed by atoms with E-state index in [-0.39, 0.29) is 5.96 Å². The largest absolute Gasteiger partial charge is 0.739 e. The van der Waals surface area contributed by atoms with Crippen molar-refractivity contribution >= 4 is 17.3 Å². The molecule has 3 N–H and O–H groups in total. The summed E-state index contributed by atoms with van der Waals surface area (Å²) in [5, 5.41) is 12.4. The minimum absolute atomic E-state index is 0.154. The van der Waals surface area contributed by atoms with Crippen LogP contribution in [0.15, 0.2) is 17.1 Å². The second-order valence-electron chi connectivity index (χ2n) is 4.57. The van der Waals surface area contributed by atoms with E-state index in [1.807, 2.05) is 12.1 Å². The van der Waals surface area contributed by atoms with Gasteiger partial charge in [-0.05, 0) is 48.9 Å². The fraction of sp³-hybridized carbons (Fsp3) is 0.417. The lowest BCUT2D eigenvalue weighted by Crippen LogP contribution is -2.44. The van der Waals surface area contributed by atoms with Crippen molar-refractivity contribution in [3.05, 3.63) is 28.5 Å². The Labute approximate surface area is 99.9 Å². The Bertz CT molecular complexity index is 484. The highest BCUT2D eigenvalue weighted by atomic mass is 16.5. The maximum atomic E-state index is 11.7. The smallest absolute Gasteiger partial charge is 0.212 e. The Balaban J connectivity index is 2.10. The van der Waals surface area contributed by atoms with Crippen LogP contribution in [-0.2, 0) is 12.8 Å². The fourth-order valence-electron chi connectivity index (χ4n) is 2.51. The average Bonchev–Trinajstić information content (AvgIpc) is 2.51. The van der Waals surface area contributed by atoms with Gasteiger partial charge in [0.05, 0.1) is 11.4 Å². The number of hydrogen-bond donors (Lipinski definition) is 2. The molecule has 0 bridgehead atoms. The summed E-state index contributed by atoms with van der Waals surface area (Å²) in [6.45, 7) is 0. The molecule has 0 aromatic heterocycles. The molecular formula is C12H15N4O-. The number of hydrazine groups is 1. The van der Waals surface area contributed by atoms with Gasteiger partial charge in [0.15, 0.2) is 0 Å². The molecule has 1 aliphatic carbocycles. The van der Waals surface area contributed by atoms with Gasteiger partial charge in [0.2, 0.25) is 5.96 Å². The number of nitrogens with zero attached hydrogens (tertiary/aromatic N) is 2. The van der Waals surface area contributed by atoms with E-state index >= 15 is 0 Å². The molecule has 0 saturated carbocycles. The van der Waals surface area contributed by atoms with Crippen LogP contribution in [-0.4, -0.2) is 5.96 Å². The van der Waals surface area contributed by atoms with Gasteiger partial charge in [-0.2, -0.15) is 0 Å². The highest BCUT2D eigenvalue weighted by Crippen LogP contribution is 2.35. The van der Waals surface area contributed by atoms with Crippen LogP contribution >= 0.6 is 0 Å². The standard InChI is InChI=1S/C12H15N4O/c13-12-14-10-6-8-4-2-1-3-5-9(8)7-11(10)16(17)15-12/h6-7H,1-5H2,(H3,13,14,15)/q-1. The molecule has 0 amide bonds. The molecule has 2 aliphatic rings. The third-order valence-corrected chi connectivity index (χ3v) is 3.36. The van der Waals surface area contributed by atoms with Gasteiger partial charge in [0, 0.05) is 0 Å². The molecule has 1 heterocycles. The molecule has 90 valence electrons. The van der Waals surface area contributed by atoms with Crippen molar-refractivity contribution in [3.8, 4) is 0 Å². The molecule has 0 spiro atoms. The molecular weight excluding hydrogens is 216 g/mol. The summed E-state index contributed by atoms with van der Waals surface area (Å²) in [7, 11) is 0. The summed E-state index contributed by atoms with van der Waals surface area (Å²) in [6, 6.07) is 3.96. The van der Waals surface area contributed by atoms with Gasteiger partial charge < -0.3 is 16.1 Å².